The average molecular weight is 241 g/mol. The van der Waals surface area contributed by atoms with Crippen LogP contribution in [0.5, 0.6) is 0 Å². The van der Waals surface area contributed by atoms with E-state index in [0.717, 1.165) is 11.6 Å². The number of hydrogen-bond acceptors (Lipinski definition) is 2. The summed E-state index contributed by atoms with van der Waals surface area (Å²) in [5.41, 5.74) is 7.01. The highest BCUT2D eigenvalue weighted by molar-refractivity contribution is 5.66. The van der Waals surface area contributed by atoms with Crippen molar-refractivity contribution in [3.63, 3.8) is 0 Å². The second kappa shape index (κ2) is 3.80. The van der Waals surface area contributed by atoms with Crippen molar-refractivity contribution in [2.75, 3.05) is 5.73 Å². The number of hydrogen-bond donors (Lipinski definition) is 2. The highest BCUT2D eigenvalue weighted by Gasteiger charge is 2.33. The molecule has 0 atom stereocenters. The molecule has 0 saturated carbocycles. The van der Waals surface area contributed by atoms with Crippen LogP contribution in [-0.2, 0) is 6.18 Å². The van der Waals surface area contributed by atoms with Gasteiger partial charge in [0.2, 0.25) is 0 Å². The van der Waals surface area contributed by atoms with Crippen molar-refractivity contribution in [2.45, 2.75) is 13.1 Å². The van der Waals surface area contributed by atoms with Crippen LogP contribution in [0.25, 0.3) is 11.3 Å². The van der Waals surface area contributed by atoms with E-state index in [1.54, 1.807) is 18.2 Å². The summed E-state index contributed by atoms with van der Waals surface area (Å²) < 4.78 is 37.1. The maximum Gasteiger partial charge on any atom is 0.432 e. The third-order valence-corrected chi connectivity index (χ3v) is 2.46. The van der Waals surface area contributed by atoms with Gasteiger partial charge in [-0.2, -0.15) is 18.3 Å². The summed E-state index contributed by atoms with van der Waals surface area (Å²) in [4.78, 5) is 0. The van der Waals surface area contributed by atoms with Crippen LogP contribution < -0.4 is 5.73 Å². The first kappa shape index (κ1) is 11.5. The van der Waals surface area contributed by atoms with Crippen LogP contribution in [0.2, 0.25) is 0 Å². The molecule has 0 aliphatic rings. The molecule has 0 radical (unpaired) electrons. The predicted molar refractivity (Wildman–Crippen MR) is 58.2 cm³/mol. The third-order valence-electron chi connectivity index (χ3n) is 2.46. The van der Waals surface area contributed by atoms with Gasteiger partial charge in [0.05, 0.1) is 5.69 Å². The summed E-state index contributed by atoms with van der Waals surface area (Å²) in [6.07, 6.45) is -4.42. The quantitative estimate of drug-likeness (QED) is 0.754. The molecule has 17 heavy (non-hydrogen) atoms. The molecule has 0 amide bonds. The van der Waals surface area contributed by atoms with Gasteiger partial charge in [-0.25, -0.2) is 0 Å². The van der Waals surface area contributed by atoms with E-state index in [2.05, 4.69) is 5.10 Å². The molecule has 0 fully saturated rings. The van der Waals surface area contributed by atoms with Gasteiger partial charge in [0.1, 0.15) is 5.69 Å². The summed E-state index contributed by atoms with van der Waals surface area (Å²) in [6.45, 7) is 1.82. The Morgan fingerprint density at radius 3 is 2.47 bits per heavy atom. The average Bonchev–Trinajstić information content (AvgIpc) is 2.70. The van der Waals surface area contributed by atoms with Crippen molar-refractivity contribution < 1.29 is 13.2 Å². The Kier molecular flexibility index (Phi) is 2.57. The largest absolute Gasteiger partial charge is 0.432 e. The highest BCUT2D eigenvalue weighted by Crippen LogP contribution is 2.30. The number of rotatable bonds is 1. The molecule has 1 heterocycles. The highest BCUT2D eigenvalue weighted by atomic mass is 19.4. The molecule has 0 spiro atoms. The lowest BCUT2D eigenvalue weighted by atomic mass is 10.1. The second-order valence-electron chi connectivity index (χ2n) is 3.74. The molecule has 3 N–H and O–H groups in total. The molecule has 1 aromatic heterocycles. The van der Waals surface area contributed by atoms with E-state index in [1.165, 1.54) is 0 Å². The molecule has 0 saturated heterocycles. The maximum atomic E-state index is 12.4. The molecule has 2 rings (SSSR count). The van der Waals surface area contributed by atoms with Crippen LogP contribution in [0.1, 0.15) is 11.3 Å². The van der Waals surface area contributed by atoms with Gasteiger partial charge in [0.25, 0.3) is 0 Å². The molecule has 0 aliphatic carbocycles. The van der Waals surface area contributed by atoms with E-state index < -0.39 is 11.9 Å². The first-order chi connectivity index (χ1) is 7.88. The molecule has 2 aromatic rings. The number of nitrogens with two attached hydrogens (primary N) is 1. The number of nitrogens with zero attached hydrogens (tertiary/aromatic N) is 1. The summed E-state index contributed by atoms with van der Waals surface area (Å²) >= 11 is 0. The van der Waals surface area contributed by atoms with Crippen molar-refractivity contribution in [2.24, 2.45) is 0 Å². The third kappa shape index (κ3) is 2.25. The van der Waals surface area contributed by atoms with Crippen LogP contribution >= 0.6 is 0 Å². The zero-order valence-corrected chi connectivity index (χ0v) is 8.97. The van der Waals surface area contributed by atoms with Gasteiger partial charge in [-0.1, -0.05) is 12.1 Å². The minimum Gasteiger partial charge on any atom is -0.398 e. The van der Waals surface area contributed by atoms with E-state index in [0.29, 0.717) is 11.3 Å². The molecule has 0 aliphatic heterocycles. The molecule has 1 aromatic carbocycles. The second-order valence-corrected chi connectivity index (χ2v) is 3.74. The number of H-pyrrole nitrogens is 1. The Morgan fingerprint density at radius 2 is 1.94 bits per heavy atom. The number of halogens is 3. The minimum atomic E-state index is -4.42. The predicted octanol–water partition coefficient (Wildman–Crippen LogP) is 2.99. The number of nitrogens with one attached hydrogen (secondary N) is 1. The van der Waals surface area contributed by atoms with E-state index in [9.17, 15) is 13.2 Å². The lowest BCUT2D eigenvalue weighted by Gasteiger charge is -2.02. The molecular formula is C11H10F3N3. The number of benzene rings is 1. The van der Waals surface area contributed by atoms with Crippen LogP contribution in [0.15, 0.2) is 24.3 Å². The number of aryl methyl sites for hydroxylation is 1. The van der Waals surface area contributed by atoms with E-state index >= 15 is 0 Å². The lowest BCUT2D eigenvalue weighted by Crippen LogP contribution is -2.04. The van der Waals surface area contributed by atoms with Gasteiger partial charge in [-0.15, -0.1) is 0 Å². The number of aromatic amines is 1. The van der Waals surface area contributed by atoms with Gasteiger partial charge in [0, 0.05) is 11.3 Å². The monoisotopic (exact) mass is 241 g/mol. The Hall–Kier alpha value is -1.98. The Morgan fingerprint density at radius 1 is 1.24 bits per heavy atom. The summed E-state index contributed by atoms with van der Waals surface area (Å²) in [7, 11) is 0. The molecule has 6 heteroatoms. The fourth-order valence-corrected chi connectivity index (χ4v) is 1.41. The minimum absolute atomic E-state index is 0.226. The fourth-order valence-electron chi connectivity index (χ4n) is 1.41. The summed E-state index contributed by atoms with van der Waals surface area (Å²) in [5.74, 6) is 0. The Labute approximate surface area is 95.5 Å². The van der Waals surface area contributed by atoms with Crippen LogP contribution in [-0.4, -0.2) is 10.2 Å². The van der Waals surface area contributed by atoms with E-state index in [1.807, 2.05) is 12.0 Å². The summed E-state index contributed by atoms with van der Waals surface area (Å²) in [5, 5.41) is 5.59. The molecular weight excluding hydrogens is 231 g/mol. The number of nitrogen functional groups attached to an aromatic ring is 1. The summed E-state index contributed by atoms with van der Waals surface area (Å²) in [6, 6.07) is 5.99. The van der Waals surface area contributed by atoms with Gasteiger partial charge < -0.3 is 5.73 Å². The van der Waals surface area contributed by atoms with Crippen LogP contribution in [0.3, 0.4) is 0 Å². The van der Waals surface area contributed by atoms with Crippen molar-refractivity contribution in [1.29, 1.82) is 0 Å². The van der Waals surface area contributed by atoms with Crippen LogP contribution in [0, 0.1) is 6.92 Å². The zero-order valence-electron chi connectivity index (χ0n) is 8.97. The maximum absolute atomic E-state index is 12.4. The molecule has 0 bridgehead atoms. The topological polar surface area (TPSA) is 54.7 Å². The van der Waals surface area contributed by atoms with E-state index in [-0.39, 0.29) is 5.69 Å². The molecule has 0 unspecified atom stereocenters. The van der Waals surface area contributed by atoms with Crippen molar-refractivity contribution in [3.05, 3.63) is 35.5 Å². The number of anilines is 1. The smallest absolute Gasteiger partial charge is 0.398 e. The van der Waals surface area contributed by atoms with Gasteiger partial charge in [0.15, 0.2) is 0 Å². The van der Waals surface area contributed by atoms with Crippen molar-refractivity contribution in [1.82, 2.24) is 10.2 Å². The van der Waals surface area contributed by atoms with Crippen molar-refractivity contribution in [3.8, 4) is 11.3 Å². The van der Waals surface area contributed by atoms with Crippen molar-refractivity contribution >= 4 is 5.69 Å². The SMILES string of the molecule is Cc1ccc(-c2cc(C(F)(F)F)[nH]n2)cc1N. The van der Waals surface area contributed by atoms with Gasteiger partial charge in [-0.3, -0.25) is 5.10 Å². The normalized spacial score (nSPS) is 11.8. The van der Waals surface area contributed by atoms with Crippen LogP contribution in [0.4, 0.5) is 18.9 Å². The Balaban J connectivity index is 2.40. The lowest BCUT2D eigenvalue weighted by molar-refractivity contribution is -0.141. The van der Waals surface area contributed by atoms with E-state index in [4.69, 9.17) is 5.73 Å². The van der Waals surface area contributed by atoms with Gasteiger partial charge >= 0.3 is 6.18 Å². The zero-order chi connectivity index (χ0) is 12.6. The molecule has 90 valence electrons. The first-order valence-electron chi connectivity index (χ1n) is 4.87. The fraction of sp³-hybridized carbons (Fsp3) is 0.182. The number of alkyl halides is 3. The molecule has 3 nitrogen and oxygen atoms in total. The first-order valence-corrected chi connectivity index (χ1v) is 4.87. The standard InChI is InChI=1S/C11H10F3N3/c1-6-2-3-7(4-8(6)15)9-5-10(17-16-9)11(12,13)14/h2-5H,15H2,1H3,(H,16,17). The van der Waals surface area contributed by atoms with Gasteiger partial charge in [-0.05, 0) is 24.6 Å². The Bertz CT molecular complexity index is 543. The number of aromatic nitrogens is 2.